The molecule has 0 saturated heterocycles. The lowest BCUT2D eigenvalue weighted by atomic mass is 9.82. The molecule has 0 bridgehead atoms. The van der Waals surface area contributed by atoms with E-state index in [-0.39, 0.29) is 5.92 Å². The second-order valence-electron chi connectivity index (χ2n) is 8.86. The molecule has 0 aliphatic carbocycles. The van der Waals surface area contributed by atoms with Gasteiger partial charge in [-0.05, 0) is 78.8 Å². The van der Waals surface area contributed by atoms with E-state index < -0.39 is 0 Å². The summed E-state index contributed by atoms with van der Waals surface area (Å²) in [7, 11) is 3.91. The van der Waals surface area contributed by atoms with Crippen molar-refractivity contribution in [2.75, 3.05) is 42.7 Å². The van der Waals surface area contributed by atoms with Crippen LogP contribution in [0.25, 0.3) is 0 Å². The van der Waals surface area contributed by atoms with Crippen molar-refractivity contribution in [1.82, 2.24) is 0 Å². The third-order valence-corrected chi connectivity index (χ3v) is 6.80. The Hall–Kier alpha value is -3.96. The molecule has 2 N–H and O–H groups in total. The van der Waals surface area contributed by atoms with Crippen LogP contribution in [0.15, 0.2) is 60.7 Å². The fourth-order valence-corrected chi connectivity index (χ4v) is 4.85. The van der Waals surface area contributed by atoms with E-state index in [0.717, 1.165) is 48.4 Å². The topological polar surface area (TPSA) is 74.9 Å². The minimum Gasteiger partial charge on any atom is -0.388 e. The van der Waals surface area contributed by atoms with Crippen molar-refractivity contribution in [3.8, 4) is 12.1 Å². The molecule has 0 heterocycles. The first kappa shape index (κ1) is 26.6. The molecule has 5 heteroatoms. The summed E-state index contributed by atoms with van der Waals surface area (Å²) < 4.78 is 0. The molecule has 0 saturated carbocycles. The van der Waals surface area contributed by atoms with Gasteiger partial charge < -0.3 is 15.5 Å². The molecule has 36 heavy (non-hydrogen) atoms. The average molecular weight is 480 g/mol. The van der Waals surface area contributed by atoms with E-state index >= 15 is 0 Å². The van der Waals surface area contributed by atoms with Gasteiger partial charge in [-0.1, -0.05) is 36.4 Å². The normalized spacial score (nSPS) is 10.5. The highest BCUT2D eigenvalue weighted by Gasteiger charge is 2.23. The predicted octanol–water partition coefficient (Wildman–Crippen LogP) is 6.71. The van der Waals surface area contributed by atoms with Crippen LogP contribution in [0.5, 0.6) is 0 Å². The number of benzene rings is 3. The molecular weight excluding hydrogens is 442 g/mol. The van der Waals surface area contributed by atoms with E-state index in [1.54, 1.807) is 0 Å². The van der Waals surface area contributed by atoms with Crippen LogP contribution in [0.2, 0.25) is 0 Å². The Morgan fingerprint density at radius 2 is 1.19 bits per heavy atom. The highest BCUT2D eigenvalue weighted by atomic mass is 15.1. The van der Waals surface area contributed by atoms with Crippen LogP contribution < -0.4 is 15.5 Å². The Morgan fingerprint density at radius 3 is 1.58 bits per heavy atom. The molecule has 0 unspecified atom stereocenters. The zero-order chi connectivity index (χ0) is 25.9. The Labute approximate surface area is 216 Å². The van der Waals surface area contributed by atoms with Crippen molar-refractivity contribution in [2.24, 2.45) is 0 Å². The van der Waals surface area contributed by atoms with Gasteiger partial charge in [-0.3, -0.25) is 0 Å². The first-order chi connectivity index (χ1) is 17.6. The van der Waals surface area contributed by atoms with Crippen LogP contribution in [-0.2, 0) is 12.8 Å². The summed E-state index contributed by atoms with van der Waals surface area (Å²) in [5.41, 5.74) is 9.27. The van der Waals surface area contributed by atoms with Crippen LogP contribution in [0.4, 0.5) is 17.1 Å². The first-order valence-electron chi connectivity index (χ1n) is 12.8. The van der Waals surface area contributed by atoms with Crippen molar-refractivity contribution in [2.45, 2.75) is 45.4 Å². The van der Waals surface area contributed by atoms with Gasteiger partial charge in [-0.2, -0.15) is 10.5 Å². The van der Waals surface area contributed by atoms with Crippen molar-refractivity contribution >= 4 is 17.1 Å². The van der Waals surface area contributed by atoms with Gasteiger partial charge in [0, 0.05) is 63.0 Å². The molecule has 0 fully saturated rings. The zero-order valence-corrected chi connectivity index (χ0v) is 21.9. The molecule has 0 aliphatic rings. The minimum atomic E-state index is 0.00990. The molecule has 0 aliphatic heterocycles. The smallest absolute Gasteiger partial charge is 0.0625 e. The van der Waals surface area contributed by atoms with Gasteiger partial charge in [-0.15, -0.1) is 0 Å². The van der Waals surface area contributed by atoms with E-state index in [9.17, 15) is 0 Å². The van der Waals surface area contributed by atoms with Gasteiger partial charge in [-0.25, -0.2) is 0 Å². The summed E-state index contributed by atoms with van der Waals surface area (Å²) in [5, 5.41) is 24.9. The lowest BCUT2D eigenvalue weighted by Gasteiger charge is -2.26. The fourth-order valence-electron chi connectivity index (χ4n) is 4.85. The molecule has 0 spiro atoms. The predicted molar refractivity (Wildman–Crippen MR) is 151 cm³/mol. The number of rotatable bonds is 12. The van der Waals surface area contributed by atoms with Gasteiger partial charge in [0.2, 0.25) is 0 Å². The zero-order valence-electron chi connectivity index (χ0n) is 21.9. The Balaban J connectivity index is 2.16. The SMILES string of the molecule is CCN(CC)c1ccc(C(c2ccc(CCC#N)cc2NC)c2ccc(CCC#N)cc2NC)cc1. The van der Waals surface area contributed by atoms with E-state index in [1.807, 2.05) is 14.1 Å². The quantitative estimate of drug-likeness (QED) is 0.282. The number of hydrogen-bond donors (Lipinski definition) is 2. The lowest BCUT2D eigenvalue weighted by molar-refractivity contribution is 0.864. The molecule has 3 aromatic rings. The summed E-state index contributed by atoms with van der Waals surface area (Å²) in [6, 6.07) is 26.4. The van der Waals surface area contributed by atoms with Crippen LogP contribution in [0.1, 0.15) is 60.4 Å². The van der Waals surface area contributed by atoms with Crippen molar-refractivity contribution in [3.05, 3.63) is 88.5 Å². The number of hydrogen-bond acceptors (Lipinski definition) is 5. The second-order valence-corrected chi connectivity index (χ2v) is 8.86. The average Bonchev–Trinajstić information content (AvgIpc) is 2.93. The van der Waals surface area contributed by atoms with Crippen LogP contribution in [0.3, 0.4) is 0 Å². The maximum atomic E-state index is 9.03. The number of nitrogens with zero attached hydrogens (tertiary/aromatic N) is 3. The number of nitrogens with one attached hydrogen (secondary N) is 2. The minimum absolute atomic E-state index is 0.00990. The third-order valence-electron chi connectivity index (χ3n) is 6.80. The van der Waals surface area contributed by atoms with Gasteiger partial charge in [0.1, 0.15) is 0 Å². The van der Waals surface area contributed by atoms with Crippen molar-refractivity contribution in [3.63, 3.8) is 0 Å². The second kappa shape index (κ2) is 13.2. The van der Waals surface area contributed by atoms with Gasteiger partial charge in [0.05, 0.1) is 12.1 Å². The summed E-state index contributed by atoms with van der Waals surface area (Å²) in [6.45, 7) is 6.31. The van der Waals surface area contributed by atoms with E-state index in [1.165, 1.54) is 22.4 Å². The van der Waals surface area contributed by atoms with Crippen LogP contribution in [0, 0.1) is 22.7 Å². The number of anilines is 3. The molecule has 3 rings (SSSR count). The number of aryl methyl sites for hydroxylation is 2. The van der Waals surface area contributed by atoms with Gasteiger partial charge >= 0.3 is 0 Å². The Morgan fingerprint density at radius 1 is 0.722 bits per heavy atom. The number of nitriles is 2. The van der Waals surface area contributed by atoms with Gasteiger partial charge in [0.25, 0.3) is 0 Å². The maximum Gasteiger partial charge on any atom is 0.0625 e. The molecule has 5 nitrogen and oxygen atoms in total. The molecular formula is C31H37N5. The lowest BCUT2D eigenvalue weighted by Crippen LogP contribution is -2.21. The first-order valence-corrected chi connectivity index (χ1v) is 12.8. The van der Waals surface area contributed by atoms with Gasteiger partial charge in [0.15, 0.2) is 0 Å². The molecule has 3 aromatic carbocycles. The Kier molecular flexibility index (Phi) is 9.78. The van der Waals surface area contributed by atoms with E-state index in [0.29, 0.717) is 12.8 Å². The third kappa shape index (κ3) is 6.18. The largest absolute Gasteiger partial charge is 0.388 e. The fraction of sp³-hybridized carbons (Fsp3) is 0.355. The maximum absolute atomic E-state index is 9.03. The monoisotopic (exact) mass is 479 g/mol. The standard InChI is InChI=1S/C31H37N5/c1-5-36(6-2)26-15-13-25(14-16-26)31(27-17-11-23(9-7-19-32)21-29(27)34-3)28-18-12-24(10-8-20-33)22-30(28)35-4/h11-18,21-22,31,34-35H,5-10H2,1-4H3. The van der Waals surface area contributed by atoms with E-state index in [4.69, 9.17) is 10.5 Å². The summed E-state index contributed by atoms with van der Waals surface area (Å²) in [4.78, 5) is 2.35. The summed E-state index contributed by atoms with van der Waals surface area (Å²) >= 11 is 0. The molecule has 0 radical (unpaired) electrons. The van der Waals surface area contributed by atoms with E-state index in [2.05, 4.69) is 102 Å². The Bertz CT molecular complexity index is 1140. The molecule has 0 aromatic heterocycles. The van der Waals surface area contributed by atoms with Crippen LogP contribution >= 0.6 is 0 Å². The summed E-state index contributed by atoms with van der Waals surface area (Å²) in [5.74, 6) is 0.00990. The summed E-state index contributed by atoms with van der Waals surface area (Å²) in [6.07, 6.45) is 2.49. The molecule has 186 valence electrons. The molecule has 0 amide bonds. The molecule has 0 atom stereocenters. The van der Waals surface area contributed by atoms with Crippen molar-refractivity contribution < 1.29 is 0 Å². The van der Waals surface area contributed by atoms with Crippen LogP contribution in [-0.4, -0.2) is 27.2 Å². The van der Waals surface area contributed by atoms with Crippen molar-refractivity contribution in [1.29, 1.82) is 10.5 Å². The highest BCUT2D eigenvalue weighted by Crippen LogP contribution is 2.40. The highest BCUT2D eigenvalue weighted by molar-refractivity contribution is 5.66.